The van der Waals surface area contributed by atoms with E-state index in [2.05, 4.69) is 91.8 Å². The molecule has 2 aromatic carbocycles. The van der Waals surface area contributed by atoms with Gasteiger partial charge in [0.15, 0.2) is 5.65 Å². The van der Waals surface area contributed by atoms with Gasteiger partial charge in [0.25, 0.3) is 0 Å². The highest BCUT2D eigenvalue weighted by Gasteiger charge is 2.32. The Hall–Kier alpha value is -3.44. The van der Waals surface area contributed by atoms with Crippen LogP contribution in [0.25, 0.3) is 21.9 Å². The molecule has 5 nitrogen and oxygen atoms in total. The van der Waals surface area contributed by atoms with Crippen molar-refractivity contribution in [3.05, 3.63) is 95.9 Å². The summed E-state index contributed by atoms with van der Waals surface area (Å²) in [5.41, 5.74) is 5.95. The van der Waals surface area contributed by atoms with Crippen molar-refractivity contribution in [2.24, 2.45) is 0 Å². The van der Waals surface area contributed by atoms with Gasteiger partial charge in [0, 0.05) is 47.7 Å². The molecule has 0 radical (unpaired) electrons. The molecule has 1 aliphatic rings. The van der Waals surface area contributed by atoms with E-state index < -0.39 is 0 Å². The molecule has 32 heavy (non-hydrogen) atoms. The number of rotatable bonds is 6. The monoisotopic (exact) mass is 421 g/mol. The van der Waals surface area contributed by atoms with Crippen LogP contribution in [0, 0.1) is 0 Å². The fourth-order valence-corrected chi connectivity index (χ4v) is 5.35. The smallest absolute Gasteiger partial charge is 0.159 e. The van der Waals surface area contributed by atoms with Gasteiger partial charge in [0.1, 0.15) is 0 Å². The summed E-state index contributed by atoms with van der Waals surface area (Å²) in [6, 6.07) is 24.3. The number of aromatic nitrogens is 4. The molecule has 0 amide bonds. The first-order valence-corrected chi connectivity index (χ1v) is 11.5. The quantitative estimate of drug-likeness (QED) is 0.365. The van der Waals surface area contributed by atoms with Crippen molar-refractivity contribution in [1.29, 1.82) is 0 Å². The number of H-pyrrole nitrogens is 2. The third-order valence-corrected chi connectivity index (χ3v) is 6.92. The molecule has 2 N–H and O–H groups in total. The van der Waals surface area contributed by atoms with E-state index in [-0.39, 0.29) is 0 Å². The predicted octanol–water partition coefficient (Wildman–Crippen LogP) is 5.78. The third kappa shape index (κ3) is 3.59. The Labute approximate surface area is 187 Å². The molecule has 0 saturated heterocycles. The molecule has 2 atom stereocenters. The maximum absolute atomic E-state index is 4.48. The van der Waals surface area contributed by atoms with Gasteiger partial charge >= 0.3 is 0 Å². The molecule has 0 spiro atoms. The van der Waals surface area contributed by atoms with Gasteiger partial charge in [-0.15, -0.1) is 0 Å². The van der Waals surface area contributed by atoms with Crippen molar-refractivity contribution in [2.45, 2.75) is 44.3 Å². The SMILES string of the molecule is c1ccc(CN(Cc2ccccc2)[C@H]2CCC(c3[nH][nH]c4cnc5nccc5c34)C2)cc1. The number of hydrogen-bond acceptors (Lipinski definition) is 3. The Kier molecular flexibility index (Phi) is 4.96. The molecule has 3 heterocycles. The first-order chi connectivity index (χ1) is 15.8. The summed E-state index contributed by atoms with van der Waals surface area (Å²) >= 11 is 0. The molecule has 0 bridgehead atoms. The second-order valence-corrected chi connectivity index (χ2v) is 8.93. The predicted molar refractivity (Wildman–Crippen MR) is 128 cm³/mol. The number of fused-ring (bicyclic) bond motifs is 3. The van der Waals surface area contributed by atoms with E-state index in [0.29, 0.717) is 12.0 Å². The van der Waals surface area contributed by atoms with Gasteiger partial charge in [-0.3, -0.25) is 10.00 Å². The lowest BCUT2D eigenvalue weighted by Gasteiger charge is -2.29. The van der Waals surface area contributed by atoms with E-state index >= 15 is 0 Å². The number of pyridine rings is 1. The van der Waals surface area contributed by atoms with Gasteiger partial charge in [-0.05, 0) is 36.5 Å². The molecular weight excluding hydrogens is 394 g/mol. The number of nitrogens with one attached hydrogen (secondary N) is 2. The summed E-state index contributed by atoms with van der Waals surface area (Å²) in [6.07, 6.45) is 7.30. The van der Waals surface area contributed by atoms with Crippen molar-refractivity contribution >= 4 is 21.9 Å². The van der Waals surface area contributed by atoms with Gasteiger partial charge in [-0.25, -0.2) is 9.97 Å². The Balaban J connectivity index is 1.29. The Morgan fingerprint density at radius 1 is 0.812 bits per heavy atom. The first kappa shape index (κ1) is 19.3. The van der Waals surface area contributed by atoms with Gasteiger partial charge in [0.05, 0.1) is 11.7 Å². The summed E-state index contributed by atoms with van der Waals surface area (Å²) in [6.45, 7) is 1.96. The molecule has 1 unspecified atom stereocenters. The number of nitrogens with zero attached hydrogens (tertiary/aromatic N) is 3. The summed E-state index contributed by atoms with van der Waals surface area (Å²) in [7, 11) is 0. The highest BCUT2D eigenvalue weighted by Crippen LogP contribution is 2.41. The molecular formula is C27H27N5. The molecule has 1 saturated carbocycles. The second-order valence-electron chi connectivity index (χ2n) is 8.93. The van der Waals surface area contributed by atoms with Crippen LogP contribution in [0.4, 0.5) is 0 Å². The minimum absolute atomic E-state index is 0.503. The lowest BCUT2D eigenvalue weighted by molar-refractivity contribution is 0.179. The van der Waals surface area contributed by atoms with Crippen LogP contribution < -0.4 is 0 Å². The maximum atomic E-state index is 4.48. The second kappa shape index (κ2) is 8.24. The molecule has 0 aliphatic heterocycles. The lowest BCUT2D eigenvalue weighted by atomic mass is 9.99. The standard InChI is InChI=1S/C27H27N5/c1-3-7-19(8-4-1)17-32(18-20-9-5-2-6-10-20)22-12-11-21(15-22)26-25-23-13-14-28-27(23)29-16-24(25)30-31-26/h1-10,13-14,16,21-22,30-31H,11-12,15,17-18H2/t21?,22-/m0/s1. The summed E-state index contributed by atoms with van der Waals surface area (Å²) < 4.78 is 0. The Morgan fingerprint density at radius 3 is 2.25 bits per heavy atom. The van der Waals surface area contributed by atoms with Crippen LogP contribution in [0.15, 0.2) is 79.1 Å². The highest BCUT2D eigenvalue weighted by atomic mass is 15.2. The normalized spacial score (nSPS) is 18.8. The van der Waals surface area contributed by atoms with E-state index in [0.717, 1.165) is 36.1 Å². The van der Waals surface area contributed by atoms with E-state index in [1.165, 1.54) is 35.0 Å². The largest absolute Gasteiger partial charge is 0.304 e. The van der Waals surface area contributed by atoms with Crippen LogP contribution in [-0.4, -0.2) is 31.1 Å². The lowest BCUT2D eigenvalue weighted by Crippen LogP contribution is -2.32. The van der Waals surface area contributed by atoms with Crippen LogP contribution in [0.1, 0.15) is 42.0 Å². The van der Waals surface area contributed by atoms with Crippen LogP contribution in [0.3, 0.4) is 0 Å². The van der Waals surface area contributed by atoms with E-state index in [9.17, 15) is 0 Å². The third-order valence-electron chi connectivity index (χ3n) is 6.92. The number of aromatic amines is 2. The fraction of sp³-hybridized carbons (Fsp3) is 0.259. The highest BCUT2D eigenvalue weighted by molar-refractivity contribution is 6.04. The molecule has 5 heteroatoms. The van der Waals surface area contributed by atoms with Gasteiger partial charge < -0.3 is 5.10 Å². The van der Waals surface area contributed by atoms with Crippen molar-refractivity contribution < 1.29 is 0 Å². The molecule has 6 rings (SSSR count). The van der Waals surface area contributed by atoms with Gasteiger partial charge in [-0.1, -0.05) is 60.7 Å². The minimum atomic E-state index is 0.503. The zero-order chi connectivity index (χ0) is 21.3. The van der Waals surface area contributed by atoms with Crippen LogP contribution in [0.5, 0.6) is 0 Å². The Morgan fingerprint density at radius 2 is 1.53 bits per heavy atom. The summed E-state index contributed by atoms with van der Waals surface area (Å²) in [5.74, 6) is 0.503. The average Bonchev–Trinajstić information content (AvgIpc) is 3.58. The van der Waals surface area contributed by atoms with E-state index in [4.69, 9.17) is 0 Å². The zero-order valence-electron chi connectivity index (χ0n) is 18.0. The summed E-state index contributed by atoms with van der Waals surface area (Å²) in [4.78, 5) is 11.5. The molecule has 5 aromatic rings. The van der Waals surface area contributed by atoms with Crippen molar-refractivity contribution in [3.8, 4) is 0 Å². The van der Waals surface area contributed by atoms with Crippen LogP contribution in [0.2, 0.25) is 0 Å². The van der Waals surface area contributed by atoms with Crippen molar-refractivity contribution in [3.63, 3.8) is 0 Å². The molecule has 3 aromatic heterocycles. The summed E-state index contributed by atoms with van der Waals surface area (Å²) in [5, 5.41) is 9.23. The molecule has 1 aliphatic carbocycles. The van der Waals surface area contributed by atoms with Crippen molar-refractivity contribution in [1.82, 2.24) is 25.1 Å². The van der Waals surface area contributed by atoms with Crippen LogP contribution >= 0.6 is 0 Å². The topological polar surface area (TPSA) is 60.6 Å². The fourth-order valence-electron chi connectivity index (χ4n) is 5.35. The van der Waals surface area contributed by atoms with E-state index in [1.807, 2.05) is 12.4 Å². The van der Waals surface area contributed by atoms with Gasteiger partial charge in [-0.2, -0.15) is 0 Å². The maximum Gasteiger partial charge on any atom is 0.159 e. The first-order valence-electron chi connectivity index (χ1n) is 11.5. The van der Waals surface area contributed by atoms with Gasteiger partial charge in [0.2, 0.25) is 0 Å². The van der Waals surface area contributed by atoms with Crippen molar-refractivity contribution in [2.75, 3.05) is 0 Å². The molecule has 1 fully saturated rings. The molecule has 160 valence electrons. The minimum Gasteiger partial charge on any atom is -0.304 e. The Bertz CT molecular complexity index is 1280. The van der Waals surface area contributed by atoms with Crippen LogP contribution in [-0.2, 0) is 13.1 Å². The average molecular weight is 422 g/mol. The zero-order valence-corrected chi connectivity index (χ0v) is 18.0. The van der Waals surface area contributed by atoms with E-state index in [1.54, 1.807) is 0 Å². The number of benzene rings is 2. The number of hydrogen-bond donors (Lipinski definition) is 2.